The highest BCUT2D eigenvalue weighted by Gasteiger charge is 2.12. The summed E-state index contributed by atoms with van der Waals surface area (Å²) in [5.41, 5.74) is 8.84. The highest BCUT2D eigenvalue weighted by molar-refractivity contribution is 6.42. The number of hydrogen-bond acceptors (Lipinski definition) is 4. The number of nitrogens with two attached hydrogens (primary N) is 1. The molecule has 0 fully saturated rings. The molecule has 0 bridgehead atoms. The molecular formula is C24H19Cl3N4O2. The number of amides is 1. The zero-order valence-corrected chi connectivity index (χ0v) is 19.5. The Morgan fingerprint density at radius 2 is 1.70 bits per heavy atom. The van der Waals surface area contributed by atoms with Gasteiger partial charge in [0.15, 0.2) is 0 Å². The second-order valence-corrected chi connectivity index (χ2v) is 8.30. The molecule has 4 rings (SSSR count). The lowest BCUT2D eigenvalue weighted by Gasteiger charge is -2.09. The smallest absolute Gasteiger partial charge is 0.251 e. The van der Waals surface area contributed by atoms with Crippen LogP contribution in [0.3, 0.4) is 0 Å². The van der Waals surface area contributed by atoms with Gasteiger partial charge in [-0.05, 0) is 48.5 Å². The minimum atomic E-state index is -0.214. The first kappa shape index (κ1) is 23.0. The second kappa shape index (κ2) is 10.2. The number of para-hydroxylation sites is 1. The zero-order valence-electron chi connectivity index (χ0n) is 17.3. The van der Waals surface area contributed by atoms with Crippen LogP contribution >= 0.6 is 34.8 Å². The number of halogens is 3. The average molecular weight is 502 g/mol. The van der Waals surface area contributed by atoms with Gasteiger partial charge in [0.05, 0.1) is 33.0 Å². The highest BCUT2D eigenvalue weighted by atomic mass is 35.5. The molecule has 0 saturated heterocycles. The maximum Gasteiger partial charge on any atom is 0.251 e. The van der Waals surface area contributed by atoms with Crippen LogP contribution in [-0.2, 0) is 0 Å². The third-order valence-corrected chi connectivity index (χ3v) is 5.86. The predicted octanol–water partition coefficient (Wildman–Crippen LogP) is 5.89. The van der Waals surface area contributed by atoms with Gasteiger partial charge in [-0.15, -0.1) is 0 Å². The van der Waals surface area contributed by atoms with Gasteiger partial charge >= 0.3 is 0 Å². The SMILES string of the molecule is Nc1cc(-c2ccc(Cl)c(Cl)c2)nn1-c1ccc(C(=O)NCCOc2ccccc2Cl)cc1. The Kier molecular flexibility index (Phi) is 7.08. The maximum absolute atomic E-state index is 12.4. The van der Waals surface area contributed by atoms with E-state index in [1.165, 1.54) is 0 Å². The van der Waals surface area contributed by atoms with Crippen molar-refractivity contribution in [1.29, 1.82) is 0 Å². The fourth-order valence-electron chi connectivity index (χ4n) is 3.14. The summed E-state index contributed by atoms with van der Waals surface area (Å²) in [4.78, 5) is 12.4. The highest BCUT2D eigenvalue weighted by Crippen LogP contribution is 2.29. The van der Waals surface area contributed by atoms with Crippen molar-refractivity contribution < 1.29 is 9.53 Å². The topological polar surface area (TPSA) is 82.2 Å². The lowest BCUT2D eigenvalue weighted by atomic mass is 10.1. The van der Waals surface area contributed by atoms with E-state index >= 15 is 0 Å². The van der Waals surface area contributed by atoms with Crippen molar-refractivity contribution in [2.24, 2.45) is 0 Å². The van der Waals surface area contributed by atoms with Gasteiger partial charge in [-0.2, -0.15) is 5.10 Å². The Morgan fingerprint density at radius 1 is 0.939 bits per heavy atom. The number of aromatic nitrogens is 2. The minimum absolute atomic E-state index is 0.214. The summed E-state index contributed by atoms with van der Waals surface area (Å²) < 4.78 is 7.17. The van der Waals surface area contributed by atoms with Crippen molar-refractivity contribution in [3.05, 3.63) is 93.4 Å². The van der Waals surface area contributed by atoms with Gasteiger partial charge in [0, 0.05) is 17.2 Å². The van der Waals surface area contributed by atoms with Crippen molar-refractivity contribution in [2.75, 3.05) is 18.9 Å². The number of anilines is 1. The van der Waals surface area contributed by atoms with Gasteiger partial charge in [-0.3, -0.25) is 4.79 Å². The van der Waals surface area contributed by atoms with Crippen LogP contribution in [0.5, 0.6) is 5.75 Å². The van der Waals surface area contributed by atoms with Crippen LogP contribution in [0.1, 0.15) is 10.4 Å². The fraction of sp³-hybridized carbons (Fsp3) is 0.0833. The third-order valence-electron chi connectivity index (χ3n) is 4.81. The van der Waals surface area contributed by atoms with Crippen LogP contribution in [0.15, 0.2) is 72.8 Å². The Labute approximate surface area is 205 Å². The first-order valence-corrected chi connectivity index (χ1v) is 11.1. The van der Waals surface area contributed by atoms with Crippen molar-refractivity contribution in [3.8, 4) is 22.7 Å². The molecule has 1 aromatic heterocycles. The second-order valence-electron chi connectivity index (χ2n) is 7.08. The maximum atomic E-state index is 12.4. The number of nitrogens with one attached hydrogen (secondary N) is 1. The molecule has 0 unspecified atom stereocenters. The van der Waals surface area contributed by atoms with E-state index in [9.17, 15) is 4.79 Å². The van der Waals surface area contributed by atoms with Gasteiger partial charge < -0.3 is 15.8 Å². The molecule has 1 heterocycles. The van der Waals surface area contributed by atoms with E-state index in [0.717, 1.165) is 11.3 Å². The lowest BCUT2D eigenvalue weighted by Crippen LogP contribution is -2.28. The summed E-state index contributed by atoms with van der Waals surface area (Å²) in [7, 11) is 0. The first-order chi connectivity index (χ1) is 15.9. The van der Waals surface area contributed by atoms with E-state index in [-0.39, 0.29) is 5.91 Å². The molecule has 0 aliphatic heterocycles. The Hall–Kier alpha value is -3.19. The molecule has 33 heavy (non-hydrogen) atoms. The van der Waals surface area contributed by atoms with Gasteiger partial charge in [0.1, 0.15) is 18.2 Å². The fourth-order valence-corrected chi connectivity index (χ4v) is 3.63. The first-order valence-electron chi connectivity index (χ1n) is 9.99. The molecule has 0 aliphatic rings. The quantitative estimate of drug-likeness (QED) is 0.309. The molecule has 0 atom stereocenters. The van der Waals surface area contributed by atoms with Crippen LogP contribution in [0.4, 0.5) is 5.82 Å². The molecule has 4 aromatic rings. The molecule has 9 heteroatoms. The number of benzene rings is 3. The van der Waals surface area contributed by atoms with Crippen LogP contribution in [0.2, 0.25) is 15.1 Å². The minimum Gasteiger partial charge on any atom is -0.490 e. The molecule has 3 aromatic carbocycles. The summed E-state index contributed by atoms with van der Waals surface area (Å²) in [5, 5.41) is 8.81. The van der Waals surface area contributed by atoms with Crippen molar-refractivity contribution in [1.82, 2.24) is 15.1 Å². The number of carbonyl (C=O) groups is 1. The summed E-state index contributed by atoms with van der Waals surface area (Å²) in [5.74, 6) is 0.814. The molecule has 168 valence electrons. The van der Waals surface area contributed by atoms with Gasteiger partial charge in [0.2, 0.25) is 0 Å². The Balaban J connectivity index is 1.38. The molecule has 0 spiro atoms. The van der Waals surface area contributed by atoms with Gasteiger partial charge in [-0.1, -0.05) is 53.0 Å². The molecule has 3 N–H and O–H groups in total. The van der Waals surface area contributed by atoms with Crippen molar-refractivity contribution in [2.45, 2.75) is 0 Å². The van der Waals surface area contributed by atoms with E-state index in [1.54, 1.807) is 59.3 Å². The van der Waals surface area contributed by atoms with E-state index < -0.39 is 0 Å². The van der Waals surface area contributed by atoms with Gasteiger partial charge in [-0.25, -0.2) is 4.68 Å². The van der Waals surface area contributed by atoms with E-state index in [2.05, 4.69) is 10.4 Å². The summed E-state index contributed by atoms with van der Waals surface area (Å²) in [6.45, 7) is 0.639. The van der Waals surface area contributed by atoms with E-state index in [1.807, 2.05) is 18.2 Å². The summed E-state index contributed by atoms with van der Waals surface area (Å²) >= 11 is 18.1. The average Bonchev–Trinajstić information content (AvgIpc) is 3.21. The molecular weight excluding hydrogens is 483 g/mol. The third kappa shape index (κ3) is 5.42. The number of ether oxygens (including phenoxy) is 1. The Morgan fingerprint density at radius 3 is 2.42 bits per heavy atom. The number of nitrogens with zero attached hydrogens (tertiary/aromatic N) is 2. The van der Waals surface area contributed by atoms with Crippen molar-refractivity contribution >= 4 is 46.5 Å². The number of nitrogen functional groups attached to an aromatic ring is 1. The standard InChI is InChI=1S/C24H19Cl3N4O2/c25-18-10-7-16(13-20(18)27)21-14-23(28)31(30-21)17-8-5-15(6-9-17)24(32)29-11-12-33-22-4-2-1-3-19(22)26/h1-10,13-14H,11-12,28H2,(H,29,32). The lowest BCUT2D eigenvalue weighted by molar-refractivity contribution is 0.0947. The largest absolute Gasteiger partial charge is 0.490 e. The summed E-state index contributed by atoms with van der Waals surface area (Å²) in [6.07, 6.45) is 0. The normalized spacial score (nSPS) is 10.8. The molecule has 0 radical (unpaired) electrons. The van der Waals surface area contributed by atoms with Crippen LogP contribution < -0.4 is 15.8 Å². The predicted molar refractivity (Wildman–Crippen MR) is 133 cm³/mol. The molecule has 0 saturated carbocycles. The van der Waals surface area contributed by atoms with Crippen LogP contribution in [0.25, 0.3) is 16.9 Å². The monoisotopic (exact) mass is 500 g/mol. The molecule has 1 amide bonds. The van der Waals surface area contributed by atoms with Crippen molar-refractivity contribution in [3.63, 3.8) is 0 Å². The van der Waals surface area contributed by atoms with E-state index in [4.69, 9.17) is 45.3 Å². The molecule has 6 nitrogen and oxygen atoms in total. The van der Waals surface area contributed by atoms with Gasteiger partial charge in [0.25, 0.3) is 5.91 Å². The van der Waals surface area contributed by atoms with E-state index in [0.29, 0.717) is 51.0 Å². The molecule has 0 aliphatic carbocycles. The Bertz CT molecular complexity index is 1290. The van der Waals surface area contributed by atoms with Crippen LogP contribution in [0, 0.1) is 0 Å². The van der Waals surface area contributed by atoms with Crippen LogP contribution in [-0.4, -0.2) is 28.8 Å². The number of hydrogen-bond donors (Lipinski definition) is 2. The zero-order chi connectivity index (χ0) is 23.4. The number of carbonyl (C=O) groups excluding carboxylic acids is 1. The summed E-state index contributed by atoms with van der Waals surface area (Å²) in [6, 6.07) is 21.2. The number of rotatable bonds is 7.